The molecule has 0 aromatic heterocycles. The summed E-state index contributed by atoms with van der Waals surface area (Å²) in [5.74, 6) is 0. The van der Waals surface area contributed by atoms with Crippen molar-refractivity contribution in [1.82, 2.24) is 5.32 Å². The Morgan fingerprint density at radius 2 is 1.90 bits per heavy atom. The SMILES string of the molecule is Cc1cccc([C@@H](C)NCc2ccc([N+](=O)[O-])cc2)c1. The molecule has 4 heteroatoms. The summed E-state index contributed by atoms with van der Waals surface area (Å²) < 4.78 is 0. The summed E-state index contributed by atoms with van der Waals surface area (Å²) in [4.78, 5) is 10.2. The molecule has 104 valence electrons. The summed E-state index contributed by atoms with van der Waals surface area (Å²) in [5.41, 5.74) is 3.65. The highest BCUT2D eigenvalue weighted by atomic mass is 16.6. The van der Waals surface area contributed by atoms with Crippen LogP contribution < -0.4 is 5.32 Å². The third-order valence-electron chi connectivity index (χ3n) is 3.30. The van der Waals surface area contributed by atoms with Crippen LogP contribution in [0.5, 0.6) is 0 Å². The maximum atomic E-state index is 10.6. The Balaban J connectivity index is 1.96. The van der Waals surface area contributed by atoms with Crippen LogP contribution in [0.4, 0.5) is 5.69 Å². The van der Waals surface area contributed by atoms with Crippen molar-refractivity contribution in [3.05, 3.63) is 75.3 Å². The van der Waals surface area contributed by atoms with Gasteiger partial charge in [-0.2, -0.15) is 0 Å². The highest BCUT2D eigenvalue weighted by molar-refractivity contribution is 5.33. The predicted molar refractivity (Wildman–Crippen MR) is 79.5 cm³/mol. The third kappa shape index (κ3) is 3.65. The number of nitro groups is 1. The smallest absolute Gasteiger partial charge is 0.269 e. The molecular formula is C16H18N2O2. The van der Waals surface area contributed by atoms with Gasteiger partial charge in [0, 0.05) is 24.7 Å². The van der Waals surface area contributed by atoms with Gasteiger partial charge < -0.3 is 5.32 Å². The molecule has 0 radical (unpaired) electrons. The van der Waals surface area contributed by atoms with Crippen molar-refractivity contribution < 1.29 is 4.92 Å². The molecule has 0 fully saturated rings. The largest absolute Gasteiger partial charge is 0.306 e. The van der Waals surface area contributed by atoms with Crippen LogP contribution in [0.1, 0.15) is 29.7 Å². The molecule has 0 amide bonds. The number of rotatable bonds is 5. The van der Waals surface area contributed by atoms with Gasteiger partial charge in [0.25, 0.3) is 5.69 Å². The topological polar surface area (TPSA) is 55.2 Å². The molecule has 0 saturated heterocycles. The Kier molecular flexibility index (Phi) is 4.48. The Morgan fingerprint density at radius 3 is 2.50 bits per heavy atom. The molecule has 2 aromatic rings. The van der Waals surface area contributed by atoms with Gasteiger partial charge in [-0.1, -0.05) is 42.0 Å². The van der Waals surface area contributed by atoms with E-state index in [1.165, 1.54) is 23.3 Å². The van der Waals surface area contributed by atoms with Crippen LogP contribution >= 0.6 is 0 Å². The molecule has 0 heterocycles. The second-order valence-corrected chi connectivity index (χ2v) is 4.94. The molecule has 0 spiro atoms. The standard InChI is InChI=1S/C16H18N2O2/c1-12-4-3-5-15(10-12)13(2)17-11-14-6-8-16(9-7-14)18(19)20/h3-10,13,17H,11H2,1-2H3/t13-/m1/s1. The second kappa shape index (κ2) is 6.30. The van der Waals surface area contributed by atoms with Crippen molar-refractivity contribution in [2.45, 2.75) is 26.4 Å². The lowest BCUT2D eigenvalue weighted by molar-refractivity contribution is -0.384. The van der Waals surface area contributed by atoms with Gasteiger partial charge in [-0.15, -0.1) is 0 Å². The van der Waals surface area contributed by atoms with E-state index >= 15 is 0 Å². The summed E-state index contributed by atoms with van der Waals surface area (Å²) in [6.07, 6.45) is 0. The number of nitrogens with one attached hydrogen (secondary N) is 1. The van der Waals surface area contributed by atoms with E-state index in [1.54, 1.807) is 12.1 Å². The lowest BCUT2D eigenvalue weighted by atomic mass is 10.1. The van der Waals surface area contributed by atoms with Crippen molar-refractivity contribution in [2.75, 3.05) is 0 Å². The minimum absolute atomic E-state index is 0.125. The molecule has 2 aromatic carbocycles. The summed E-state index contributed by atoms with van der Waals surface area (Å²) >= 11 is 0. The number of aryl methyl sites for hydroxylation is 1. The number of nitrogens with zero attached hydrogens (tertiary/aromatic N) is 1. The van der Waals surface area contributed by atoms with Gasteiger partial charge >= 0.3 is 0 Å². The Morgan fingerprint density at radius 1 is 1.20 bits per heavy atom. The van der Waals surface area contributed by atoms with Crippen LogP contribution in [-0.2, 0) is 6.54 Å². The van der Waals surface area contributed by atoms with E-state index in [4.69, 9.17) is 0 Å². The Bertz CT molecular complexity index is 594. The second-order valence-electron chi connectivity index (χ2n) is 4.94. The van der Waals surface area contributed by atoms with Crippen molar-refractivity contribution in [3.63, 3.8) is 0 Å². The summed E-state index contributed by atoms with van der Waals surface area (Å²) in [7, 11) is 0. The highest BCUT2D eigenvalue weighted by Gasteiger charge is 2.07. The first-order valence-corrected chi connectivity index (χ1v) is 6.59. The Labute approximate surface area is 118 Å². The predicted octanol–water partition coefficient (Wildman–Crippen LogP) is 3.75. The van der Waals surface area contributed by atoms with Gasteiger partial charge in [-0.25, -0.2) is 0 Å². The van der Waals surface area contributed by atoms with E-state index in [9.17, 15) is 10.1 Å². The minimum Gasteiger partial charge on any atom is -0.306 e. The fourth-order valence-corrected chi connectivity index (χ4v) is 2.06. The molecule has 0 aliphatic carbocycles. The number of hydrogen-bond acceptors (Lipinski definition) is 3. The zero-order valence-electron chi connectivity index (χ0n) is 11.7. The monoisotopic (exact) mass is 270 g/mol. The van der Waals surface area contributed by atoms with E-state index < -0.39 is 0 Å². The van der Waals surface area contributed by atoms with Crippen LogP contribution in [0.25, 0.3) is 0 Å². The van der Waals surface area contributed by atoms with Crippen molar-refractivity contribution in [3.8, 4) is 0 Å². The molecule has 0 bridgehead atoms. The zero-order valence-corrected chi connectivity index (χ0v) is 11.7. The number of benzene rings is 2. The molecule has 0 saturated carbocycles. The molecule has 0 unspecified atom stereocenters. The number of hydrogen-bond donors (Lipinski definition) is 1. The van der Waals surface area contributed by atoms with Crippen molar-refractivity contribution >= 4 is 5.69 Å². The average molecular weight is 270 g/mol. The number of non-ortho nitro benzene ring substituents is 1. The molecule has 2 rings (SSSR count). The summed E-state index contributed by atoms with van der Waals surface area (Å²) in [5, 5.41) is 14.0. The highest BCUT2D eigenvalue weighted by Crippen LogP contribution is 2.16. The first kappa shape index (κ1) is 14.2. The average Bonchev–Trinajstić information content (AvgIpc) is 2.45. The zero-order chi connectivity index (χ0) is 14.5. The summed E-state index contributed by atoms with van der Waals surface area (Å²) in [6.45, 7) is 4.87. The van der Waals surface area contributed by atoms with Crippen LogP contribution in [0, 0.1) is 17.0 Å². The van der Waals surface area contributed by atoms with E-state index in [0.717, 1.165) is 5.56 Å². The van der Waals surface area contributed by atoms with Crippen molar-refractivity contribution in [1.29, 1.82) is 0 Å². The number of nitro benzene ring substituents is 1. The first-order chi connectivity index (χ1) is 9.56. The van der Waals surface area contributed by atoms with E-state index in [1.807, 2.05) is 0 Å². The van der Waals surface area contributed by atoms with E-state index in [-0.39, 0.29) is 16.7 Å². The fraction of sp³-hybridized carbons (Fsp3) is 0.250. The molecule has 20 heavy (non-hydrogen) atoms. The summed E-state index contributed by atoms with van der Waals surface area (Å²) in [6, 6.07) is 15.3. The van der Waals surface area contributed by atoms with Gasteiger partial charge in [0.1, 0.15) is 0 Å². The molecular weight excluding hydrogens is 252 g/mol. The fourth-order valence-electron chi connectivity index (χ4n) is 2.06. The van der Waals surface area contributed by atoms with Crippen LogP contribution in [0.15, 0.2) is 48.5 Å². The van der Waals surface area contributed by atoms with Crippen LogP contribution in [0.2, 0.25) is 0 Å². The molecule has 1 atom stereocenters. The van der Waals surface area contributed by atoms with Crippen molar-refractivity contribution in [2.24, 2.45) is 0 Å². The first-order valence-electron chi connectivity index (χ1n) is 6.59. The molecule has 1 N–H and O–H groups in total. The van der Waals surface area contributed by atoms with Gasteiger partial charge in [0.2, 0.25) is 0 Å². The lowest BCUT2D eigenvalue weighted by Gasteiger charge is -2.14. The van der Waals surface area contributed by atoms with Gasteiger partial charge in [0.15, 0.2) is 0 Å². The Hall–Kier alpha value is -2.20. The van der Waals surface area contributed by atoms with Crippen LogP contribution in [-0.4, -0.2) is 4.92 Å². The lowest BCUT2D eigenvalue weighted by Crippen LogP contribution is -2.18. The quantitative estimate of drug-likeness (QED) is 0.665. The van der Waals surface area contributed by atoms with Gasteiger partial charge in [-0.3, -0.25) is 10.1 Å². The molecule has 4 nitrogen and oxygen atoms in total. The third-order valence-corrected chi connectivity index (χ3v) is 3.30. The van der Waals surface area contributed by atoms with E-state index in [0.29, 0.717) is 6.54 Å². The van der Waals surface area contributed by atoms with Crippen LogP contribution in [0.3, 0.4) is 0 Å². The molecule has 0 aliphatic rings. The van der Waals surface area contributed by atoms with Gasteiger partial charge in [0.05, 0.1) is 4.92 Å². The van der Waals surface area contributed by atoms with E-state index in [2.05, 4.69) is 43.4 Å². The minimum atomic E-state index is -0.382. The normalized spacial score (nSPS) is 12.1. The van der Waals surface area contributed by atoms with Gasteiger partial charge in [-0.05, 0) is 25.0 Å². The maximum Gasteiger partial charge on any atom is 0.269 e. The molecule has 0 aliphatic heterocycles. The maximum absolute atomic E-state index is 10.6.